The van der Waals surface area contributed by atoms with Crippen LogP contribution in [0.3, 0.4) is 0 Å². The Morgan fingerprint density at radius 2 is 2.05 bits per heavy atom. The molecule has 4 heteroatoms. The summed E-state index contributed by atoms with van der Waals surface area (Å²) in [6.07, 6.45) is 9.40. The van der Waals surface area contributed by atoms with Crippen LogP contribution in [0.4, 0.5) is 0 Å². The molecule has 5 atom stereocenters. The molecule has 3 saturated carbocycles. The van der Waals surface area contributed by atoms with Gasteiger partial charge in [-0.15, -0.1) is 0 Å². The lowest BCUT2D eigenvalue weighted by Crippen LogP contribution is -2.65. The fraction of sp³-hybridized carbons (Fsp3) is 0.778. The number of hydrogen-bond donors (Lipinski definition) is 0. The van der Waals surface area contributed by atoms with Crippen molar-refractivity contribution in [2.75, 3.05) is 20.6 Å². The Morgan fingerprint density at radius 3 is 2.73 bits per heavy atom. The Kier molecular flexibility index (Phi) is 3.21. The summed E-state index contributed by atoms with van der Waals surface area (Å²) in [5.41, 5.74) is 1.73. The fourth-order valence-corrected chi connectivity index (χ4v) is 5.37. The molecule has 0 spiro atoms. The minimum atomic E-state index is -0.102. The molecule has 5 aliphatic rings. The molecule has 0 aromatic heterocycles. The van der Waals surface area contributed by atoms with Crippen LogP contribution in [-0.2, 0) is 9.31 Å². The van der Waals surface area contributed by atoms with Crippen molar-refractivity contribution in [3.8, 4) is 0 Å². The summed E-state index contributed by atoms with van der Waals surface area (Å²) in [6, 6.07) is 0. The van der Waals surface area contributed by atoms with Crippen molar-refractivity contribution in [2.24, 2.45) is 17.3 Å². The summed E-state index contributed by atoms with van der Waals surface area (Å²) in [5, 5.41) is 0. The fourth-order valence-electron chi connectivity index (χ4n) is 5.37. The third-order valence-corrected chi connectivity index (χ3v) is 6.82. The molecule has 1 heterocycles. The van der Waals surface area contributed by atoms with Crippen LogP contribution in [0.15, 0.2) is 23.8 Å². The SMILES string of the molecule is CN(C)CC1=CC=CC1B1OC2CC3CC(C3(C)C)C2(C)O1. The molecular weight excluding hydrogens is 273 g/mol. The van der Waals surface area contributed by atoms with Gasteiger partial charge in [-0.2, -0.15) is 0 Å². The first kappa shape index (κ1) is 15.0. The Bertz CT molecular complexity index is 541. The van der Waals surface area contributed by atoms with Crippen LogP contribution in [0.25, 0.3) is 0 Å². The number of nitrogens with zero attached hydrogens (tertiary/aromatic N) is 1. The zero-order valence-electron chi connectivity index (χ0n) is 14.5. The van der Waals surface area contributed by atoms with E-state index in [0.717, 1.165) is 12.5 Å². The standard InChI is InChI=1S/C18H28BNO2/c1-17(2)13-9-15(17)18(3)16(10-13)21-19(22-18)14-8-6-7-12(14)11-20(4)5/h6-8,13-16H,9-11H2,1-5H3. The van der Waals surface area contributed by atoms with E-state index in [2.05, 4.69) is 58.0 Å². The average molecular weight is 301 g/mol. The van der Waals surface area contributed by atoms with E-state index >= 15 is 0 Å². The Hall–Kier alpha value is -0.575. The zero-order valence-corrected chi connectivity index (χ0v) is 14.5. The van der Waals surface area contributed by atoms with Gasteiger partial charge in [0.05, 0.1) is 11.7 Å². The van der Waals surface area contributed by atoms with E-state index in [0.29, 0.717) is 11.3 Å². The van der Waals surface area contributed by atoms with Crippen molar-refractivity contribution < 1.29 is 9.31 Å². The van der Waals surface area contributed by atoms with Crippen LogP contribution in [0.5, 0.6) is 0 Å². The number of allylic oxidation sites excluding steroid dienone is 3. The first-order valence-corrected chi connectivity index (χ1v) is 8.67. The first-order chi connectivity index (χ1) is 10.3. The predicted molar refractivity (Wildman–Crippen MR) is 89.6 cm³/mol. The second kappa shape index (κ2) is 4.72. The molecule has 2 bridgehead atoms. The monoisotopic (exact) mass is 301 g/mol. The molecule has 1 saturated heterocycles. The predicted octanol–water partition coefficient (Wildman–Crippen LogP) is 3.14. The van der Waals surface area contributed by atoms with Crippen molar-refractivity contribution in [2.45, 2.75) is 51.1 Å². The van der Waals surface area contributed by atoms with Gasteiger partial charge in [0.2, 0.25) is 0 Å². The molecule has 3 nitrogen and oxygen atoms in total. The summed E-state index contributed by atoms with van der Waals surface area (Å²) in [5.74, 6) is 1.74. The van der Waals surface area contributed by atoms with E-state index in [1.165, 1.54) is 18.4 Å². The van der Waals surface area contributed by atoms with Gasteiger partial charge < -0.3 is 14.2 Å². The summed E-state index contributed by atoms with van der Waals surface area (Å²) in [6.45, 7) is 8.10. The molecule has 0 N–H and O–H groups in total. The Morgan fingerprint density at radius 1 is 1.27 bits per heavy atom. The quantitative estimate of drug-likeness (QED) is 0.748. The van der Waals surface area contributed by atoms with Crippen LogP contribution in [-0.4, -0.2) is 44.4 Å². The second-order valence-corrected chi connectivity index (χ2v) is 8.73. The van der Waals surface area contributed by atoms with Crippen LogP contribution >= 0.6 is 0 Å². The summed E-state index contributed by atoms with van der Waals surface area (Å²) in [4.78, 5) is 2.22. The van der Waals surface area contributed by atoms with Crippen LogP contribution in [0.2, 0.25) is 5.82 Å². The van der Waals surface area contributed by atoms with E-state index in [9.17, 15) is 0 Å². The molecule has 4 aliphatic carbocycles. The van der Waals surface area contributed by atoms with Crippen molar-refractivity contribution >= 4 is 7.12 Å². The van der Waals surface area contributed by atoms with Gasteiger partial charge in [-0.3, -0.25) is 0 Å². The van der Waals surface area contributed by atoms with Crippen LogP contribution < -0.4 is 0 Å². The van der Waals surface area contributed by atoms with Gasteiger partial charge in [-0.05, 0) is 51.1 Å². The van der Waals surface area contributed by atoms with Gasteiger partial charge in [0.1, 0.15) is 0 Å². The van der Waals surface area contributed by atoms with Crippen LogP contribution in [0, 0.1) is 17.3 Å². The maximum absolute atomic E-state index is 6.60. The second-order valence-electron chi connectivity index (χ2n) is 8.73. The van der Waals surface area contributed by atoms with Gasteiger partial charge in [0.25, 0.3) is 0 Å². The molecule has 0 aromatic rings. The van der Waals surface area contributed by atoms with E-state index < -0.39 is 0 Å². The molecule has 5 unspecified atom stereocenters. The maximum atomic E-state index is 6.60. The van der Waals surface area contributed by atoms with Gasteiger partial charge in [-0.25, -0.2) is 0 Å². The summed E-state index contributed by atoms with van der Waals surface area (Å²) >= 11 is 0. The van der Waals surface area contributed by atoms with Crippen molar-refractivity contribution in [1.82, 2.24) is 4.90 Å². The minimum Gasteiger partial charge on any atom is -0.405 e. The third-order valence-electron chi connectivity index (χ3n) is 6.82. The highest BCUT2D eigenvalue weighted by molar-refractivity contribution is 6.49. The Balaban J connectivity index is 1.53. The summed E-state index contributed by atoms with van der Waals surface area (Å²) in [7, 11) is 4.13. The average Bonchev–Trinajstić information content (AvgIpc) is 2.99. The topological polar surface area (TPSA) is 21.7 Å². The lowest BCUT2D eigenvalue weighted by Gasteiger charge is -2.64. The lowest BCUT2D eigenvalue weighted by molar-refractivity contribution is -0.199. The smallest absolute Gasteiger partial charge is 0.405 e. The molecule has 5 rings (SSSR count). The molecule has 22 heavy (non-hydrogen) atoms. The normalized spacial score (nSPS) is 45.0. The Labute approximate surface area is 134 Å². The van der Waals surface area contributed by atoms with Gasteiger partial charge >= 0.3 is 7.12 Å². The molecule has 0 amide bonds. The molecular formula is C18H28BNO2. The molecule has 120 valence electrons. The highest BCUT2D eigenvalue weighted by Crippen LogP contribution is 2.66. The highest BCUT2D eigenvalue weighted by atomic mass is 16.7. The number of rotatable bonds is 3. The molecule has 0 aromatic carbocycles. The number of likely N-dealkylation sites (N-methyl/N-ethyl adjacent to an activating group) is 1. The van der Waals surface area contributed by atoms with E-state index in [4.69, 9.17) is 9.31 Å². The minimum absolute atomic E-state index is 0.0947. The van der Waals surface area contributed by atoms with Crippen molar-refractivity contribution in [3.05, 3.63) is 23.8 Å². The van der Waals surface area contributed by atoms with E-state index in [-0.39, 0.29) is 24.6 Å². The molecule has 4 fully saturated rings. The van der Waals surface area contributed by atoms with E-state index in [1.54, 1.807) is 0 Å². The first-order valence-electron chi connectivity index (χ1n) is 8.67. The maximum Gasteiger partial charge on any atom is 0.469 e. The van der Waals surface area contributed by atoms with Crippen LogP contribution in [0.1, 0.15) is 33.6 Å². The lowest BCUT2D eigenvalue weighted by atomic mass is 9.43. The van der Waals surface area contributed by atoms with Gasteiger partial charge in [0, 0.05) is 12.4 Å². The molecule has 1 aliphatic heterocycles. The zero-order chi connectivity index (χ0) is 15.7. The molecule has 0 radical (unpaired) electrons. The van der Waals surface area contributed by atoms with Gasteiger partial charge in [-0.1, -0.05) is 37.6 Å². The van der Waals surface area contributed by atoms with Crippen molar-refractivity contribution in [3.63, 3.8) is 0 Å². The highest BCUT2D eigenvalue weighted by Gasteiger charge is 2.68. The number of hydrogen-bond acceptors (Lipinski definition) is 3. The summed E-state index contributed by atoms with van der Waals surface area (Å²) < 4.78 is 13.0. The van der Waals surface area contributed by atoms with Crippen molar-refractivity contribution in [1.29, 1.82) is 0 Å². The third kappa shape index (κ3) is 1.93. The largest absolute Gasteiger partial charge is 0.469 e. The van der Waals surface area contributed by atoms with E-state index in [1.807, 2.05) is 0 Å². The van der Waals surface area contributed by atoms with Gasteiger partial charge in [0.15, 0.2) is 0 Å².